The van der Waals surface area contributed by atoms with Gasteiger partial charge in [-0.3, -0.25) is 19.2 Å². The van der Waals surface area contributed by atoms with Gasteiger partial charge in [-0.15, -0.1) is 0 Å². The Morgan fingerprint density at radius 1 is 1.05 bits per heavy atom. The second-order valence-electron chi connectivity index (χ2n) is 4.23. The summed E-state index contributed by atoms with van der Waals surface area (Å²) in [5.41, 5.74) is 0. The molecule has 2 saturated heterocycles. The van der Waals surface area contributed by atoms with Crippen molar-refractivity contribution < 1.29 is 28.7 Å². The van der Waals surface area contributed by atoms with E-state index in [9.17, 15) is 19.2 Å². The van der Waals surface area contributed by atoms with Crippen molar-refractivity contribution in [2.24, 2.45) is 11.8 Å². The Morgan fingerprint density at radius 2 is 1.48 bits per heavy atom. The first-order valence-electron chi connectivity index (χ1n) is 6.04. The van der Waals surface area contributed by atoms with Crippen molar-refractivity contribution in [3.8, 4) is 0 Å². The minimum atomic E-state index is -0.501. The Balaban J connectivity index is 0.000000342. The maximum atomic E-state index is 10.9. The highest BCUT2D eigenvalue weighted by atomic mass is 80.9. The number of carbonyl (C=O) groups is 4. The van der Waals surface area contributed by atoms with Gasteiger partial charge in [0.05, 0.1) is 18.5 Å². The van der Waals surface area contributed by atoms with Crippen LogP contribution >= 0.6 is 44.2 Å². The van der Waals surface area contributed by atoms with E-state index in [2.05, 4.69) is 53.7 Å². The van der Waals surface area contributed by atoms with E-state index in [0.29, 0.717) is 26.1 Å². The Morgan fingerprint density at radius 3 is 1.71 bits per heavy atom. The number of rotatable bonds is 3. The summed E-state index contributed by atoms with van der Waals surface area (Å²) in [6, 6.07) is 0. The maximum absolute atomic E-state index is 10.9. The lowest BCUT2D eigenvalue weighted by Crippen LogP contribution is -2.19. The number of Topliss-reactive ketones (excluding diaryl/α,β-unsaturated/α-hetero) is 2. The minimum absolute atomic E-state index is 0.0810. The molecular weight excluding hydrogens is 480 g/mol. The maximum Gasteiger partial charge on any atom is 0.316 e. The molecule has 0 aromatic carbocycles. The fourth-order valence-electron chi connectivity index (χ4n) is 1.75. The molecule has 120 valence electrons. The zero-order valence-electron chi connectivity index (χ0n) is 11.3. The van der Waals surface area contributed by atoms with Crippen LogP contribution in [0.1, 0.15) is 19.8 Å². The summed E-state index contributed by atoms with van der Waals surface area (Å²) in [6.07, 6.45) is 1.11. The van der Waals surface area contributed by atoms with E-state index in [-0.39, 0.29) is 28.8 Å². The van der Waals surface area contributed by atoms with Gasteiger partial charge in [0, 0.05) is 41.1 Å². The highest BCUT2D eigenvalue weighted by molar-refractivity contribution is 9.93. The normalized spacial score (nSPS) is 23.0. The average Bonchev–Trinajstić information content (AvgIpc) is 3.09. The van der Waals surface area contributed by atoms with Crippen molar-refractivity contribution in [3.63, 3.8) is 0 Å². The predicted molar refractivity (Wildman–Crippen MR) is 85.5 cm³/mol. The van der Waals surface area contributed by atoms with Gasteiger partial charge in [-0.1, -0.05) is 15.9 Å². The third-order valence-corrected chi connectivity index (χ3v) is 3.43. The van der Waals surface area contributed by atoms with Crippen molar-refractivity contribution in [2.75, 3.05) is 18.5 Å². The summed E-state index contributed by atoms with van der Waals surface area (Å²) in [5, 5.41) is 0.243. The first-order valence-corrected chi connectivity index (χ1v) is 10.9. The highest BCUT2D eigenvalue weighted by Crippen LogP contribution is 2.16. The molecule has 0 amide bonds. The van der Waals surface area contributed by atoms with E-state index in [0.717, 1.165) is 0 Å². The molecule has 2 atom stereocenters. The van der Waals surface area contributed by atoms with E-state index >= 15 is 0 Å². The zero-order valence-corrected chi connectivity index (χ0v) is 16.0. The largest absolute Gasteiger partial charge is 0.465 e. The summed E-state index contributed by atoms with van der Waals surface area (Å²) in [4.78, 5) is 42.7. The van der Waals surface area contributed by atoms with Gasteiger partial charge < -0.3 is 9.47 Å². The fourth-order valence-corrected chi connectivity index (χ4v) is 2.14. The van der Waals surface area contributed by atoms with Gasteiger partial charge in [0.15, 0.2) is 5.78 Å². The molecule has 6 nitrogen and oxygen atoms in total. The van der Waals surface area contributed by atoms with E-state index in [1.54, 1.807) is 0 Å². The third-order valence-electron chi connectivity index (χ3n) is 2.88. The molecule has 0 bridgehead atoms. The second-order valence-corrected chi connectivity index (χ2v) is 4.79. The Bertz CT molecular complexity index is 398. The quantitative estimate of drug-likeness (QED) is 0.340. The smallest absolute Gasteiger partial charge is 0.316 e. The Kier molecular flexibility index (Phi) is 11.2. The average molecular weight is 495 g/mol. The molecule has 2 heterocycles. The lowest BCUT2D eigenvalue weighted by atomic mass is 10.1. The molecule has 0 radical (unpaired) electrons. The van der Waals surface area contributed by atoms with Crippen LogP contribution in [0.5, 0.6) is 0 Å². The van der Waals surface area contributed by atoms with Gasteiger partial charge in [-0.2, -0.15) is 0 Å². The number of ether oxygens (including phenoxy) is 2. The van der Waals surface area contributed by atoms with Crippen LogP contribution in [0, 0.1) is 11.8 Å². The molecule has 2 fully saturated rings. The number of alkyl halides is 1. The second kappa shape index (κ2) is 11.3. The number of halogens is 3. The zero-order chi connectivity index (χ0) is 16.4. The lowest BCUT2D eigenvalue weighted by molar-refractivity contribution is -0.145. The topological polar surface area (TPSA) is 86.7 Å². The molecule has 2 unspecified atom stereocenters. The monoisotopic (exact) mass is 492 g/mol. The highest BCUT2D eigenvalue weighted by Gasteiger charge is 2.32. The molecule has 2 rings (SSSR count). The fraction of sp³-hybridized carbons (Fsp3) is 0.667. The Hall–Kier alpha value is -0.280. The molecule has 0 saturated carbocycles. The van der Waals surface area contributed by atoms with E-state index in [1.165, 1.54) is 6.92 Å². The van der Waals surface area contributed by atoms with E-state index in [1.807, 2.05) is 0 Å². The van der Waals surface area contributed by atoms with Crippen molar-refractivity contribution in [1.29, 1.82) is 0 Å². The van der Waals surface area contributed by atoms with Crippen molar-refractivity contribution in [2.45, 2.75) is 19.8 Å². The molecular formula is C12H15Br3O6. The van der Waals surface area contributed by atoms with Crippen LogP contribution in [-0.4, -0.2) is 42.0 Å². The lowest BCUT2D eigenvalue weighted by Gasteiger charge is -1.98. The standard InChI is InChI=1S/C6H7BrO3.C6H8O3.Br2/c7-3-5(8)4-1-2-10-6(4)9;1-4(7)5-2-3-9-6(5)8;1-2/h4H,1-3H2;5H,2-3H2,1H3;. The van der Waals surface area contributed by atoms with Crippen LogP contribution in [0.25, 0.3) is 0 Å². The number of hydrogen-bond donors (Lipinski definition) is 0. The first-order chi connectivity index (χ1) is 9.97. The van der Waals surface area contributed by atoms with Gasteiger partial charge in [-0.05, 0) is 6.92 Å². The van der Waals surface area contributed by atoms with Gasteiger partial charge in [-0.25, -0.2) is 0 Å². The SMILES string of the molecule is BrBr.CC(=O)C1CCOC1=O.O=C(CBr)C1CCOC1=O. The van der Waals surface area contributed by atoms with Crippen LogP contribution in [0.4, 0.5) is 0 Å². The van der Waals surface area contributed by atoms with Crippen molar-refractivity contribution in [3.05, 3.63) is 0 Å². The van der Waals surface area contributed by atoms with Crippen molar-refractivity contribution >= 4 is 67.7 Å². The van der Waals surface area contributed by atoms with Gasteiger partial charge in [0.2, 0.25) is 0 Å². The number of cyclic esters (lactones) is 2. The number of ketones is 2. The number of hydrogen-bond acceptors (Lipinski definition) is 6. The molecule has 9 heteroatoms. The third kappa shape index (κ3) is 7.01. The molecule has 21 heavy (non-hydrogen) atoms. The summed E-state index contributed by atoms with van der Waals surface area (Å²) < 4.78 is 9.17. The summed E-state index contributed by atoms with van der Waals surface area (Å²) in [5.74, 6) is -1.86. The molecule has 0 aromatic rings. The summed E-state index contributed by atoms with van der Waals surface area (Å²) >= 11 is 8.49. The Labute approximate surface area is 146 Å². The van der Waals surface area contributed by atoms with Crippen LogP contribution in [0.2, 0.25) is 0 Å². The van der Waals surface area contributed by atoms with Gasteiger partial charge in [0.25, 0.3) is 0 Å². The molecule has 0 spiro atoms. The molecule has 2 aliphatic rings. The number of carbonyl (C=O) groups excluding carboxylic acids is 4. The van der Waals surface area contributed by atoms with Gasteiger partial charge in [0.1, 0.15) is 17.6 Å². The van der Waals surface area contributed by atoms with Crippen LogP contribution in [0.15, 0.2) is 0 Å². The van der Waals surface area contributed by atoms with Crippen LogP contribution in [0.3, 0.4) is 0 Å². The first kappa shape index (κ1) is 20.7. The molecule has 2 aliphatic heterocycles. The van der Waals surface area contributed by atoms with E-state index in [4.69, 9.17) is 0 Å². The molecule has 0 aliphatic carbocycles. The van der Waals surface area contributed by atoms with E-state index < -0.39 is 11.8 Å². The van der Waals surface area contributed by atoms with Crippen LogP contribution < -0.4 is 0 Å². The summed E-state index contributed by atoms with van der Waals surface area (Å²) in [7, 11) is 0. The predicted octanol–water partition coefficient (Wildman–Crippen LogP) is 2.34. The summed E-state index contributed by atoms with van der Waals surface area (Å²) in [6.45, 7) is 2.21. The van der Waals surface area contributed by atoms with Crippen LogP contribution in [-0.2, 0) is 28.7 Å². The molecule has 0 aromatic heterocycles. The number of esters is 2. The molecule has 0 N–H and O–H groups in total. The van der Waals surface area contributed by atoms with Crippen molar-refractivity contribution in [1.82, 2.24) is 0 Å². The van der Waals surface area contributed by atoms with Gasteiger partial charge >= 0.3 is 11.9 Å². The minimum Gasteiger partial charge on any atom is -0.465 e.